The Morgan fingerprint density at radius 2 is 2.04 bits per heavy atom. The van der Waals surface area contributed by atoms with Gasteiger partial charge in [0, 0.05) is 22.5 Å². The maximum atomic E-state index is 12.4. The molecule has 0 aliphatic carbocycles. The Bertz CT molecular complexity index is 1290. The number of nitrogens with one attached hydrogen (secondary N) is 2. The SMILES string of the molecule is O=C(NCc1ccco1)c1cc2ccc(-c3ccc4cncnc4c3)nc2[nH]1. The number of nitrogens with zero attached hydrogens (tertiary/aromatic N) is 3. The molecule has 0 atom stereocenters. The summed E-state index contributed by atoms with van der Waals surface area (Å²) in [4.78, 5) is 28.5. The quantitative estimate of drug-likeness (QED) is 0.503. The summed E-state index contributed by atoms with van der Waals surface area (Å²) in [7, 11) is 0. The van der Waals surface area contributed by atoms with Gasteiger partial charge >= 0.3 is 0 Å². The number of H-pyrrole nitrogens is 1. The molecule has 0 radical (unpaired) electrons. The van der Waals surface area contributed by atoms with E-state index < -0.39 is 0 Å². The second-order valence-electron chi connectivity index (χ2n) is 6.38. The number of hydrogen-bond donors (Lipinski definition) is 2. The zero-order valence-electron chi connectivity index (χ0n) is 14.7. The van der Waals surface area contributed by atoms with Crippen molar-refractivity contribution >= 4 is 27.8 Å². The number of pyridine rings is 1. The first-order chi connectivity index (χ1) is 13.8. The number of benzene rings is 1. The smallest absolute Gasteiger partial charge is 0.268 e. The highest BCUT2D eigenvalue weighted by Crippen LogP contribution is 2.24. The maximum absolute atomic E-state index is 12.4. The van der Waals surface area contributed by atoms with Gasteiger partial charge in [0.1, 0.15) is 23.4 Å². The van der Waals surface area contributed by atoms with E-state index in [4.69, 9.17) is 4.42 Å². The van der Waals surface area contributed by atoms with E-state index in [9.17, 15) is 4.79 Å². The van der Waals surface area contributed by atoms with Crippen molar-refractivity contribution in [3.8, 4) is 11.3 Å². The van der Waals surface area contributed by atoms with Crippen LogP contribution in [0.2, 0.25) is 0 Å². The molecule has 0 aliphatic heterocycles. The Labute approximate surface area is 159 Å². The van der Waals surface area contributed by atoms with E-state index in [0.717, 1.165) is 27.5 Å². The molecule has 2 N–H and O–H groups in total. The minimum atomic E-state index is -0.210. The molecule has 0 unspecified atom stereocenters. The fourth-order valence-corrected chi connectivity index (χ4v) is 3.10. The molecule has 0 fully saturated rings. The lowest BCUT2D eigenvalue weighted by Crippen LogP contribution is -2.22. The van der Waals surface area contributed by atoms with Gasteiger partial charge in [-0.3, -0.25) is 4.79 Å². The number of carbonyl (C=O) groups is 1. The van der Waals surface area contributed by atoms with E-state index >= 15 is 0 Å². The number of aromatic amines is 1. The molecule has 28 heavy (non-hydrogen) atoms. The van der Waals surface area contributed by atoms with Crippen molar-refractivity contribution < 1.29 is 9.21 Å². The van der Waals surface area contributed by atoms with Crippen molar-refractivity contribution in [2.24, 2.45) is 0 Å². The summed E-state index contributed by atoms with van der Waals surface area (Å²) in [6, 6.07) is 15.2. The highest BCUT2D eigenvalue weighted by molar-refractivity contribution is 5.97. The molecule has 0 spiro atoms. The predicted octanol–water partition coefficient (Wildman–Crippen LogP) is 3.70. The molecule has 136 valence electrons. The average Bonchev–Trinajstić information content (AvgIpc) is 3.40. The van der Waals surface area contributed by atoms with E-state index in [-0.39, 0.29) is 5.91 Å². The number of carbonyl (C=O) groups excluding carboxylic acids is 1. The Balaban J connectivity index is 1.43. The average molecular weight is 369 g/mol. The summed E-state index contributed by atoms with van der Waals surface area (Å²) in [5.41, 5.74) is 3.73. The molecule has 7 heteroatoms. The molecule has 0 saturated heterocycles. The largest absolute Gasteiger partial charge is 0.467 e. The topological polar surface area (TPSA) is 96.7 Å². The van der Waals surface area contributed by atoms with Crippen molar-refractivity contribution in [3.63, 3.8) is 0 Å². The van der Waals surface area contributed by atoms with Crippen LogP contribution in [0.15, 0.2) is 71.7 Å². The molecule has 1 amide bonds. The summed E-state index contributed by atoms with van der Waals surface area (Å²) < 4.78 is 5.23. The number of fused-ring (bicyclic) bond motifs is 2. The molecular formula is C21H15N5O2. The van der Waals surface area contributed by atoms with Gasteiger partial charge in [-0.1, -0.05) is 12.1 Å². The Morgan fingerprint density at radius 3 is 2.93 bits per heavy atom. The van der Waals surface area contributed by atoms with Gasteiger partial charge in [0.25, 0.3) is 5.91 Å². The van der Waals surface area contributed by atoms with Crippen LogP contribution in [0.5, 0.6) is 0 Å². The van der Waals surface area contributed by atoms with E-state index in [1.54, 1.807) is 24.6 Å². The molecule has 7 nitrogen and oxygen atoms in total. The van der Waals surface area contributed by atoms with Crippen LogP contribution in [-0.4, -0.2) is 25.8 Å². The van der Waals surface area contributed by atoms with Crippen LogP contribution in [0.4, 0.5) is 0 Å². The zero-order chi connectivity index (χ0) is 18.9. The minimum Gasteiger partial charge on any atom is -0.467 e. The van der Waals surface area contributed by atoms with Crippen LogP contribution in [0.1, 0.15) is 16.2 Å². The minimum absolute atomic E-state index is 0.210. The van der Waals surface area contributed by atoms with Crippen LogP contribution in [0.3, 0.4) is 0 Å². The normalized spacial score (nSPS) is 11.1. The predicted molar refractivity (Wildman–Crippen MR) is 105 cm³/mol. The highest BCUT2D eigenvalue weighted by atomic mass is 16.3. The standard InChI is InChI=1S/C21H15N5O2/c27-21(23-11-16-2-1-7-28-16)19-9-14-5-6-17(25-20(14)26-19)13-3-4-15-10-22-12-24-18(15)8-13/h1-10,12H,11H2,(H,23,27)(H,25,26). The Kier molecular flexibility index (Phi) is 3.83. The van der Waals surface area contributed by atoms with Crippen molar-refractivity contribution in [2.75, 3.05) is 0 Å². The molecule has 4 heterocycles. The lowest BCUT2D eigenvalue weighted by Gasteiger charge is -2.03. The third-order valence-electron chi connectivity index (χ3n) is 4.53. The van der Waals surface area contributed by atoms with Crippen LogP contribution < -0.4 is 5.32 Å². The zero-order valence-corrected chi connectivity index (χ0v) is 14.7. The van der Waals surface area contributed by atoms with Crippen LogP contribution >= 0.6 is 0 Å². The lowest BCUT2D eigenvalue weighted by atomic mass is 10.1. The van der Waals surface area contributed by atoms with E-state index in [2.05, 4.69) is 25.3 Å². The number of rotatable bonds is 4. The Morgan fingerprint density at radius 1 is 1.11 bits per heavy atom. The first-order valence-corrected chi connectivity index (χ1v) is 8.77. The summed E-state index contributed by atoms with van der Waals surface area (Å²) in [5, 5.41) is 4.67. The molecule has 0 bridgehead atoms. The summed E-state index contributed by atoms with van der Waals surface area (Å²) in [6.07, 6.45) is 4.89. The molecule has 0 aliphatic rings. The molecule has 1 aromatic carbocycles. The molecule has 4 aromatic heterocycles. The van der Waals surface area contributed by atoms with Crippen molar-refractivity contribution in [1.82, 2.24) is 25.3 Å². The fourth-order valence-electron chi connectivity index (χ4n) is 3.10. The second-order valence-corrected chi connectivity index (χ2v) is 6.38. The molecule has 5 aromatic rings. The second kappa shape index (κ2) is 6.62. The molecule has 5 rings (SSSR count). The Hall–Kier alpha value is -4.00. The monoisotopic (exact) mass is 369 g/mol. The number of amides is 1. The first kappa shape index (κ1) is 16.2. The third-order valence-corrected chi connectivity index (χ3v) is 4.53. The van der Waals surface area contributed by atoms with E-state index in [0.29, 0.717) is 23.6 Å². The van der Waals surface area contributed by atoms with Gasteiger partial charge in [0.05, 0.1) is 24.0 Å². The van der Waals surface area contributed by atoms with Crippen molar-refractivity contribution in [3.05, 3.63) is 78.8 Å². The van der Waals surface area contributed by atoms with Crippen LogP contribution in [0.25, 0.3) is 33.2 Å². The first-order valence-electron chi connectivity index (χ1n) is 8.77. The summed E-state index contributed by atoms with van der Waals surface area (Å²) >= 11 is 0. The van der Waals surface area contributed by atoms with Gasteiger partial charge in [0.2, 0.25) is 0 Å². The summed E-state index contributed by atoms with van der Waals surface area (Å²) in [5.74, 6) is 0.489. The van der Waals surface area contributed by atoms with Gasteiger partial charge in [-0.15, -0.1) is 0 Å². The molecular weight excluding hydrogens is 354 g/mol. The third kappa shape index (κ3) is 2.99. The lowest BCUT2D eigenvalue weighted by molar-refractivity contribution is 0.0944. The van der Waals surface area contributed by atoms with Gasteiger partial charge in [0.15, 0.2) is 0 Å². The van der Waals surface area contributed by atoms with Gasteiger partial charge in [-0.25, -0.2) is 15.0 Å². The van der Waals surface area contributed by atoms with Crippen LogP contribution in [-0.2, 0) is 6.54 Å². The van der Waals surface area contributed by atoms with Gasteiger partial charge in [-0.05, 0) is 36.4 Å². The number of hydrogen-bond acceptors (Lipinski definition) is 5. The highest BCUT2D eigenvalue weighted by Gasteiger charge is 2.12. The van der Waals surface area contributed by atoms with Crippen LogP contribution in [0, 0.1) is 0 Å². The van der Waals surface area contributed by atoms with E-state index in [1.165, 1.54) is 6.33 Å². The number of aromatic nitrogens is 4. The van der Waals surface area contributed by atoms with Gasteiger partial charge in [-0.2, -0.15) is 0 Å². The number of furan rings is 1. The van der Waals surface area contributed by atoms with Gasteiger partial charge < -0.3 is 14.7 Å². The van der Waals surface area contributed by atoms with E-state index in [1.807, 2.05) is 36.4 Å². The van der Waals surface area contributed by atoms with Crippen molar-refractivity contribution in [2.45, 2.75) is 6.54 Å². The maximum Gasteiger partial charge on any atom is 0.268 e. The molecule has 0 saturated carbocycles. The van der Waals surface area contributed by atoms with Crippen molar-refractivity contribution in [1.29, 1.82) is 0 Å². The fraction of sp³-hybridized carbons (Fsp3) is 0.0476. The summed E-state index contributed by atoms with van der Waals surface area (Å²) in [6.45, 7) is 0.332.